The normalized spacial score (nSPS) is 14.1. The number of nitrogens with one attached hydrogen (secondary N) is 1. The van der Waals surface area contributed by atoms with Gasteiger partial charge >= 0.3 is 0 Å². The Kier molecular flexibility index (Phi) is 7.76. The van der Waals surface area contributed by atoms with E-state index < -0.39 is 18.1 Å². The third-order valence-electron chi connectivity index (χ3n) is 6.20. The number of halogens is 3. The van der Waals surface area contributed by atoms with Crippen molar-refractivity contribution < 1.29 is 28.2 Å². The molecule has 4 rings (SSSR count). The van der Waals surface area contributed by atoms with Crippen LogP contribution in [0, 0.1) is 5.82 Å². The fourth-order valence-electron chi connectivity index (χ4n) is 4.18. The van der Waals surface area contributed by atoms with Crippen molar-refractivity contribution in [1.29, 1.82) is 0 Å². The topological polar surface area (TPSA) is 80.7 Å². The van der Waals surface area contributed by atoms with E-state index in [0.717, 1.165) is 24.2 Å². The van der Waals surface area contributed by atoms with Gasteiger partial charge in [-0.25, -0.2) is 13.8 Å². The molecule has 0 spiro atoms. The summed E-state index contributed by atoms with van der Waals surface area (Å²) < 4.78 is 36.7. The van der Waals surface area contributed by atoms with Crippen LogP contribution in [0.2, 0.25) is 5.02 Å². The van der Waals surface area contributed by atoms with Gasteiger partial charge in [0.2, 0.25) is 0 Å². The number of pyridine rings is 1. The van der Waals surface area contributed by atoms with Crippen molar-refractivity contribution in [2.45, 2.75) is 31.8 Å². The Bertz CT molecular complexity index is 1280. The third-order valence-corrected chi connectivity index (χ3v) is 6.49. The lowest BCUT2D eigenvalue weighted by atomic mass is 9.91. The zero-order valence-corrected chi connectivity index (χ0v) is 20.8. The maximum Gasteiger partial charge on any atom is 0.163 e. The maximum atomic E-state index is 13.7. The number of benzene rings is 2. The molecule has 0 fully saturated rings. The van der Waals surface area contributed by atoms with Gasteiger partial charge in [-0.2, -0.15) is 0 Å². The van der Waals surface area contributed by atoms with Crippen LogP contribution in [-0.2, 0) is 12.0 Å². The van der Waals surface area contributed by atoms with Gasteiger partial charge in [0, 0.05) is 24.1 Å². The first-order valence-electron chi connectivity index (χ1n) is 11.6. The van der Waals surface area contributed by atoms with Gasteiger partial charge in [0.05, 0.1) is 29.2 Å². The first-order chi connectivity index (χ1) is 17.2. The van der Waals surface area contributed by atoms with Gasteiger partial charge in [0.15, 0.2) is 17.3 Å². The van der Waals surface area contributed by atoms with E-state index in [1.807, 2.05) is 6.07 Å². The van der Waals surface area contributed by atoms with Crippen molar-refractivity contribution in [2.24, 2.45) is 0 Å². The summed E-state index contributed by atoms with van der Waals surface area (Å²) in [5.41, 5.74) is 2.42. The van der Waals surface area contributed by atoms with Crippen LogP contribution in [0.4, 0.5) is 14.5 Å². The van der Waals surface area contributed by atoms with E-state index in [-0.39, 0.29) is 30.3 Å². The molecule has 190 valence electrons. The molecule has 0 aliphatic carbocycles. The van der Waals surface area contributed by atoms with Gasteiger partial charge in [-0.05, 0) is 67.8 Å². The lowest BCUT2D eigenvalue weighted by molar-refractivity contribution is 0.0397. The number of hydrogen-bond acceptors (Lipinski definition) is 6. The largest absolute Gasteiger partial charge is 0.493 e. The molecule has 2 aromatic carbocycles. The molecule has 36 heavy (non-hydrogen) atoms. The summed E-state index contributed by atoms with van der Waals surface area (Å²) in [6.45, 7) is 1.59. The van der Waals surface area contributed by atoms with Crippen LogP contribution < -0.4 is 14.8 Å². The third kappa shape index (κ3) is 5.44. The average Bonchev–Trinajstić information content (AvgIpc) is 3.36. The molecule has 0 radical (unpaired) electrons. The second-order valence-corrected chi connectivity index (χ2v) is 9.20. The number of carbonyl (C=O) groups is 1. The van der Waals surface area contributed by atoms with Crippen LogP contribution in [-0.4, -0.2) is 42.8 Å². The fourth-order valence-corrected chi connectivity index (χ4v) is 4.36. The van der Waals surface area contributed by atoms with Crippen LogP contribution in [0.5, 0.6) is 11.5 Å². The van der Waals surface area contributed by atoms with Crippen LogP contribution in [0.25, 0.3) is 11.3 Å². The number of ketones is 1. The number of carbonyl (C=O) groups excluding carboxylic acids is 1. The zero-order valence-electron chi connectivity index (χ0n) is 20.0. The Labute approximate surface area is 213 Å². The molecular weight excluding hydrogens is 490 g/mol. The molecule has 9 heteroatoms. The van der Waals surface area contributed by atoms with Crippen molar-refractivity contribution in [3.8, 4) is 22.8 Å². The number of rotatable bonds is 10. The average molecular weight is 517 g/mol. The highest BCUT2D eigenvalue weighted by Crippen LogP contribution is 2.38. The highest BCUT2D eigenvalue weighted by atomic mass is 35.5. The fraction of sp³-hybridized carbons (Fsp3) is 0.333. The SMILES string of the molecule is COc1cc(C(=O)CCC(C)(O)c2cc3c(c(-c4ccc(F)c(Cl)c4)n2)NCC3)ccc1OCCF. The minimum Gasteiger partial charge on any atom is -0.493 e. The molecule has 6 nitrogen and oxygen atoms in total. The van der Waals surface area contributed by atoms with Crippen LogP contribution >= 0.6 is 11.6 Å². The molecule has 1 unspecified atom stereocenters. The van der Waals surface area contributed by atoms with E-state index in [9.17, 15) is 18.7 Å². The van der Waals surface area contributed by atoms with Crippen molar-refractivity contribution in [3.63, 3.8) is 0 Å². The molecule has 2 N–H and O–H groups in total. The van der Waals surface area contributed by atoms with Gasteiger partial charge in [-0.1, -0.05) is 11.6 Å². The van der Waals surface area contributed by atoms with Gasteiger partial charge in [0.25, 0.3) is 0 Å². The second kappa shape index (κ2) is 10.8. The Morgan fingerprint density at radius 2 is 2.03 bits per heavy atom. The smallest absolute Gasteiger partial charge is 0.163 e. The molecule has 0 saturated heterocycles. The molecular formula is C27H27ClF2N2O4. The summed E-state index contributed by atoms with van der Waals surface area (Å²) in [5.74, 6) is -0.0381. The van der Waals surface area contributed by atoms with Gasteiger partial charge < -0.3 is 19.9 Å². The van der Waals surface area contributed by atoms with Gasteiger partial charge in [-0.15, -0.1) is 0 Å². The first-order valence-corrected chi connectivity index (χ1v) is 12.0. The van der Waals surface area contributed by atoms with E-state index >= 15 is 0 Å². The molecule has 0 saturated carbocycles. The number of Topliss-reactive ketones (excluding diaryl/α,β-unsaturated/α-hetero) is 1. The lowest BCUT2D eigenvalue weighted by Gasteiger charge is -2.24. The Hall–Kier alpha value is -3.23. The number of methoxy groups -OCH3 is 1. The predicted octanol–water partition coefficient (Wildman–Crippen LogP) is 5.74. The molecule has 2 heterocycles. The molecule has 0 amide bonds. The predicted molar refractivity (Wildman–Crippen MR) is 134 cm³/mol. The molecule has 1 aliphatic heterocycles. The number of alkyl halides is 1. The summed E-state index contributed by atoms with van der Waals surface area (Å²) >= 11 is 6.00. The van der Waals surface area contributed by atoms with E-state index in [2.05, 4.69) is 5.32 Å². The van der Waals surface area contributed by atoms with Crippen LogP contribution in [0.15, 0.2) is 42.5 Å². The number of fused-ring (bicyclic) bond motifs is 1. The minimum absolute atomic E-state index is 0.0136. The van der Waals surface area contributed by atoms with E-state index in [4.69, 9.17) is 26.1 Å². The maximum absolute atomic E-state index is 13.7. The summed E-state index contributed by atoms with van der Waals surface area (Å²) in [4.78, 5) is 17.6. The lowest BCUT2D eigenvalue weighted by Crippen LogP contribution is -2.24. The number of hydrogen-bond donors (Lipinski definition) is 2. The van der Waals surface area contributed by atoms with E-state index in [0.29, 0.717) is 34.0 Å². The van der Waals surface area contributed by atoms with Crippen LogP contribution in [0.3, 0.4) is 0 Å². The summed E-state index contributed by atoms with van der Waals surface area (Å²) in [6.07, 6.45) is 0.922. The summed E-state index contributed by atoms with van der Waals surface area (Å²) in [5, 5.41) is 14.6. The van der Waals surface area contributed by atoms with E-state index in [1.165, 1.54) is 19.2 Å². The van der Waals surface area contributed by atoms with Crippen molar-refractivity contribution in [2.75, 3.05) is 32.3 Å². The van der Waals surface area contributed by atoms with Gasteiger partial charge in [0.1, 0.15) is 24.7 Å². The molecule has 1 atom stereocenters. The molecule has 3 aromatic rings. The molecule has 1 aromatic heterocycles. The minimum atomic E-state index is -1.40. The highest BCUT2D eigenvalue weighted by Gasteiger charge is 2.30. The standard InChI is InChI=1S/C27H27ClF2N2O4/c1-27(34,9-7-21(33)16-4-6-22(36-12-10-29)23(14-16)35-2)24-15-18-8-11-31-25(18)26(32-24)17-3-5-20(30)19(28)13-17/h3-6,13-15,31,34H,7-12H2,1-2H3. The number of nitrogens with zero attached hydrogens (tertiary/aromatic N) is 1. The monoisotopic (exact) mass is 516 g/mol. The second-order valence-electron chi connectivity index (χ2n) is 8.80. The number of aliphatic hydroxyl groups is 1. The van der Waals surface area contributed by atoms with Gasteiger partial charge in [-0.3, -0.25) is 4.79 Å². The Morgan fingerprint density at radius 3 is 2.75 bits per heavy atom. The Morgan fingerprint density at radius 1 is 1.22 bits per heavy atom. The summed E-state index contributed by atoms with van der Waals surface area (Å²) in [6, 6.07) is 10.9. The first kappa shape index (κ1) is 25.9. The van der Waals surface area contributed by atoms with Crippen LogP contribution in [0.1, 0.15) is 41.4 Å². The Balaban J connectivity index is 1.56. The molecule has 0 bridgehead atoms. The summed E-state index contributed by atoms with van der Waals surface area (Å²) in [7, 11) is 1.44. The number of anilines is 1. The van der Waals surface area contributed by atoms with E-state index in [1.54, 1.807) is 31.2 Å². The highest BCUT2D eigenvalue weighted by molar-refractivity contribution is 6.31. The number of ether oxygens (including phenoxy) is 2. The van der Waals surface area contributed by atoms with Crippen molar-refractivity contribution in [3.05, 3.63) is 70.1 Å². The van der Waals surface area contributed by atoms with Crippen molar-refractivity contribution in [1.82, 2.24) is 4.98 Å². The zero-order chi connectivity index (χ0) is 25.9. The molecule has 1 aliphatic rings. The number of aromatic nitrogens is 1. The van der Waals surface area contributed by atoms with Crippen molar-refractivity contribution >= 4 is 23.1 Å². The quantitative estimate of drug-likeness (QED) is 0.335.